The number of nitrogens with zero attached hydrogens (tertiary/aromatic N) is 2. The van der Waals surface area contributed by atoms with E-state index < -0.39 is 0 Å². The van der Waals surface area contributed by atoms with E-state index in [4.69, 9.17) is 0 Å². The van der Waals surface area contributed by atoms with Crippen LogP contribution in [-0.4, -0.2) is 9.13 Å². The van der Waals surface area contributed by atoms with Crippen molar-refractivity contribution in [3.63, 3.8) is 0 Å². The van der Waals surface area contributed by atoms with Gasteiger partial charge in [0.1, 0.15) is 0 Å². The van der Waals surface area contributed by atoms with Gasteiger partial charge < -0.3 is 9.13 Å². The molecule has 2 nitrogen and oxygen atoms in total. The molecule has 0 saturated heterocycles. The fourth-order valence-corrected chi connectivity index (χ4v) is 12.2. The van der Waals surface area contributed by atoms with E-state index in [0.717, 1.165) is 11.4 Å². The molecule has 0 aliphatic heterocycles. The van der Waals surface area contributed by atoms with Gasteiger partial charge in [-0.3, -0.25) is 0 Å². The zero-order valence-electron chi connectivity index (χ0n) is 39.3. The van der Waals surface area contributed by atoms with Gasteiger partial charge in [0, 0.05) is 44.0 Å². The van der Waals surface area contributed by atoms with Crippen LogP contribution in [0, 0.1) is 0 Å². The van der Waals surface area contributed by atoms with Gasteiger partial charge >= 0.3 is 0 Å². The van der Waals surface area contributed by atoms with Crippen molar-refractivity contribution in [2.45, 2.75) is 0 Å². The maximum Gasteiger partial charge on any atom is 0.0553 e. The van der Waals surface area contributed by atoms with Crippen molar-refractivity contribution in [1.82, 2.24) is 9.13 Å². The summed E-state index contributed by atoms with van der Waals surface area (Å²) in [6, 6.07) is 98.8. The van der Waals surface area contributed by atoms with Crippen molar-refractivity contribution in [3.8, 4) is 55.9 Å². The summed E-state index contributed by atoms with van der Waals surface area (Å²) in [4.78, 5) is 0. The van der Waals surface area contributed by atoms with Crippen molar-refractivity contribution in [3.05, 3.63) is 267 Å². The molecule has 15 aromatic rings. The third kappa shape index (κ3) is 6.03. The molecular weight excluding hydrogens is 869 g/mol. The number of para-hydroxylation sites is 4. The molecule has 2 heterocycles. The van der Waals surface area contributed by atoms with Crippen LogP contribution >= 0.6 is 0 Å². The van der Waals surface area contributed by atoms with Crippen molar-refractivity contribution >= 4 is 86.7 Å². The van der Waals surface area contributed by atoms with Crippen LogP contribution in [0.25, 0.3) is 143 Å². The Kier molecular flexibility index (Phi) is 8.99. The minimum atomic E-state index is 1.15. The number of fused-ring (bicyclic) bond motifs is 10. The van der Waals surface area contributed by atoms with Crippen LogP contribution in [0.1, 0.15) is 0 Å². The fraction of sp³-hybridized carbons (Fsp3) is 0. The largest absolute Gasteiger partial charge is 0.309 e. The first kappa shape index (κ1) is 40.4. The van der Waals surface area contributed by atoms with Crippen LogP contribution in [0.5, 0.6) is 0 Å². The first-order chi connectivity index (χ1) is 35.8. The molecule has 0 aliphatic rings. The third-order valence-corrected chi connectivity index (χ3v) is 15.3. The smallest absolute Gasteiger partial charge is 0.0553 e. The lowest BCUT2D eigenvalue weighted by molar-refractivity contribution is 1.18. The lowest BCUT2D eigenvalue weighted by Gasteiger charge is -2.20. The Morgan fingerprint density at radius 2 is 0.583 bits per heavy atom. The monoisotopic (exact) mass is 912 g/mol. The van der Waals surface area contributed by atoms with Crippen LogP contribution < -0.4 is 0 Å². The summed E-state index contributed by atoms with van der Waals surface area (Å²) in [5.41, 5.74) is 16.8. The van der Waals surface area contributed by atoms with Crippen molar-refractivity contribution < 1.29 is 0 Å². The summed E-state index contributed by atoms with van der Waals surface area (Å²) in [6.45, 7) is 0. The summed E-state index contributed by atoms with van der Waals surface area (Å²) >= 11 is 0. The Morgan fingerprint density at radius 3 is 1.07 bits per heavy atom. The van der Waals surface area contributed by atoms with Crippen LogP contribution in [-0.2, 0) is 0 Å². The number of benzene rings is 13. The lowest BCUT2D eigenvalue weighted by Crippen LogP contribution is -1.95. The Labute approximate surface area is 416 Å². The normalized spacial score (nSPS) is 11.9. The van der Waals surface area contributed by atoms with Gasteiger partial charge in [0.2, 0.25) is 0 Å². The summed E-state index contributed by atoms with van der Waals surface area (Å²) in [6.07, 6.45) is 0. The molecule has 72 heavy (non-hydrogen) atoms. The minimum Gasteiger partial charge on any atom is -0.309 e. The van der Waals surface area contributed by atoms with Gasteiger partial charge in [-0.25, -0.2) is 0 Å². The molecule has 0 spiro atoms. The van der Waals surface area contributed by atoms with Crippen LogP contribution in [0.4, 0.5) is 0 Å². The molecule has 0 saturated carbocycles. The fourth-order valence-electron chi connectivity index (χ4n) is 12.2. The standard InChI is InChI=1S/C70H44N2/c1-4-20-45(21-5-1)46-38-40-47(41-39-46)66-54-32-18-34-56(67-52-28-12-10-22-48(52)42-64-69(67)58-30-14-16-36-62(58)71(64)50-24-6-2-7-25-50)60(54)44-61-55(66)33-19-35-57(61)68-53-29-13-11-23-49(53)43-65-70(68)59-31-15-17-37-63(59)72(65)51-26-8-3-9-27-51/h1-44H. The molecule has 334 valence electrons. The van der Waals surface area contributed by atoms with E-state index in [0.29, 0.717) is 0 Å². The summed E-state index contributed by atoms with van der Waals surface area (Å²) in [7, 11) is 0. The van der Waals surface area contributed by atoms with Crippen LogP contribution in [0.2, 0.25) is 0 Å². The Morgan fingerprint density at radius 1 is 0.208 bits per heavy atom. The maximum atomic E-state index is 2.53. The number of rotatable bonds is 6. The van der Waals surface area contributed by atoms with Gasteiger partial charge in [0.25, 0.3) is 0 Å². The molecule has 0 fully saturated rings. The summed E-state index contributed by atoms with van der Waals surface area (Å²) < 4.78 is 4.91. The molecule has 0 aliphatic carbocycles. The average molecular weight is 913 g/mol. The molecule has 0 N–H and O–H groups in total. The number of aromatic nitrogens is 2. The quantitative estimate of drug-likeness (QED) is 0.147. The van der Waals surface area contributed by atoms with Gasteiger partial charge in [0.15, 0.2) is 0 Å². The Balaban J connectivity index is 1.11. The van der Waals surface area contributed by atoms with Crippen molar-refractivity contribution in [2.75, 3.05) is 0 Å². The van der Waals surface area contributed by atoms with E-state index in [-0.39, 0.29) is 0 Å². The topological polar surface area (TPSA) is 9.86 Å². The highest BCUT2D eigenvalue weighted by Crippen LogP contribution is 2.51. The second-order valence-electron chi connectivity index (χ2n) is 19.1. The van der Waals surface area contributed by atoms with Gasteiger partial charge in [-0.2, -0.15) is 0 Å². The zero-order valence-corrected chi connectivity index (χ0v) is 39.3. The van der Waals surface area contributed by atoms with Crippen molar-refractivity contribution in [2.24, 2.45) is 0 Å². The SMILES string of the molecule is c1ccc(-c2ccc(-c3c4cccc(-c5c6ccccc6cc6c5c5ccccc5n6-c5ccccc5)c4cc4c(-c5c6ccccc6cc6c5c5ccccc5n6-c5ccccc5)cccc34)cc2)cc1. The van der Waals surface area contributed by atoms with Crippen LogP contribution in [0.15, 0.2) is 267 Å². The molecule has 0 unspecified atom stereocenters. The second-order valence-corrected chi connectivity index (χ2v) is 19.1. The molecule has 0 amide bonds. The average Bonchev–Trinajstić information content (AvgIpc) is 3.96. The lowest BCUT2D eigenvalue weighted by atomic mass is 9.83. The maximum absolute atomic E-state index is 2.53. The molecule has 15 rings (SSSR count). The molecular formula is C70H44N2. The first-order valence-electron chi connectivity index (χ1n) is 24.9. The summed E-state index contributed by atoms with van der Waals surface area (Å²) in [5, 5.41) is 14.8. The van der Waals surface area contributed by atoms with E-state index in [1.807, 2.05) is 0 Å². The Bertz CT molecular complexity index is 4380. The van der Waals surface area contributed by atoms with Gasteiger partial charge in [-0.05, 0) is 131 Å². The third-order valence-electron chi connectivity index (χ3n) is 15.3. The van der Waals surface area contributed by atoms with Crippen LogP contribution in [0.3, 0.4) is 0 Å². The van der Waals surface area contributed by atoms with E-state index in [9.17, 15) is 0 Å². The number of hydrogen-bond acceptors (Lipinski definition) is 0. The zero-order chi connectivity index (χ0) is 47.3. The minimum absolute atomic E-state index is 1.15. The van der Waals surface area contributed by atoms with E-state index >= 15 is 0 Å². The van der Waals surface area contributed by atoms with E-state index in [1.54, 1.807) is 0 Å². The molecule has 2 heteroatoms. The molecule has 13 aromatic carbocycles. The highest BCUT2D eigenvalue weighted by molar-refractivity contribution is 6.30. The predicted molar refractivity (Wildman–Crippen MR) is 307 cm³/mol. The highest BCUT2D eigenvalue weighted by Gasteiger charge is 2.25. The van der Waals surface area contributed by atoms with Gasteiger partial charge in [0.05, 0.1) is 22.1 Å². The van der Waals surface area contributed by atoms with Gasteiger partial charge in [-0.1, -0.05) is 212 Å². The first-order valence-corrected chi connectivity index (χ1v) is 24.9. The number of hydrogen-bond donors (Lipinski definition) is 0. The molecule has 0 radical (unpaired) electrons. The predicted octanol–water partition coefficient (Wildman–Crippen LogP) is 19.2. The highest BCUT2D eigenvalue weighted by atomic mass is 15.0. The van der Waals surface area contributed by atoms with Crippen molar-refractivity contribution in [1.29, 1.82) is 0 Å². The summed E-state index contributed by atoms with van der Waals surface area (Å²) in [5.74, 6) is 0. The van der Waals surface area contributed by atoms with E-state index in [2.05, 4.69) is 276 Å². The molecule has 0 bridgehead atoms. The molecule has 2 aromatic heterocycles. The van der Waals surface area contributed by atoms with E-state index in [1.165, 1.54) is 131 Å². The van der Waals surface area contributed by atoms with Gasteiger partial charge in [-0.15, -0.1) is 0 Å². The Hall–Kier alpha value is -9.50. The molecule has 0 atom stereocenters. The second kappa shape index (κ2) is 16.0.